The Morgan fingerprint density at radius 1 is 1.21 bits per heavy atom. The first-order chi connectivity index (χ1) is 13.3. The zero-order valence-corrected chi connectivity index (χ0v) is 16.2. The second-order valence-corrected chi connectivity index (χ2v) is 6.63. The largest absolute Gasteiger partial charge is 0.454 e. The van der Waals surface area contributed by atoms with Crippen LogP contribution in [0.15, 0.2) is 18.2 Å². The highest BCUT2D eigenvalue weighted by molar-refractivity contribution is 6.01. The molecule has 2 N–H and O–H groups in total. The number of carbonyl (C=O) groups is 3. The quantitative estimate of drug-likeness (QED) is 0.583. The summed E-state index contributed by atoms with van der Waals surface area (Å²) in [5.41, 5.74) is 2.59. The summed E-state index contributed by atoms with van der Waals surface area (Å²) in [5.74, 6) is 0.0430. The van der Waals surface area contributed by atoms with E-state index in [0.29, 0.717) is 28.3 Å². The molecule has 148 valence electrons. The fraction of sp³-hybridized carbons (Fsp3) is 0.350. The number of H-pyrrole nitrogens is 1. The second-order valence-electron chi connectivity index (χ2n) is 6.63. The molecule has 1 amide bonds. The molecule has 0 aliphatic carbocycles. The smallest absolute Gasteiger partial charge is 0.355 e. The number of aromatic nitrogens is 1. The number of nitrogens with one attached hydrogen (secondary N) is 2. The Labute approximate surface area is 162 Å². The van der Waals surface area contributed by atoms with E-state index in [9.17, 15) is 14.4 Å². The van der Waals surface area contributed by atoms with Crippen LogP contribution in [0.25, 0.3) is 0 Å². The molecule has 0 bridgehead atoms. The van der Waals surface area contributed by atoms with Gasteiger partial charge in [0.05, 0.1) is 0 Å². The van der Waals surface area contributed by atoms with Crippen LogP contribution in [0.5, 0.6) is 11.5 Å². The number of ether oxygens (including phenoxy) is 3. The van der Waals surface area contributed by atoms with E-state index in [1.807, 2.05) is 6.07 Å². The molecular weight excluding hydrogens is 364 g/mol. The Morgan fingerprint density at radius 3 is 2.61 bits per heavy atom. The van der Waals surface area contributed by atoms with E-state index < -0.39 is 18.0 Å². The van der Waals surface area contributed by atoms with Crippen LogP contribution in [0.3, 0.4) is 0 Å². The van der Waals surface area contributed by atoms with E-state index in [2.05, 4.69) is 10.3 Å². The van der Waals surface area contributed by atoms with Gasteiger partial charge in [0.25, 0.3) is 5.91 Å². The summed E-state index contributed by atoms with van der Waals surface area (Å²) in [4.78, 5) is 39.2. The van der Waals surface area contributed by atoms with Gasteiger partial charge in [-0.3, -0.25) is 9.59 Å². The first-order valence-electron chi connectivity index (χ1n) is 8.85. The number of aromatic amines is 1. The monoisotopic (exact) mass is 386 g/mol. The molecule has 0 unspecified atom stereocenters. The first kappa shape index (κ1) is 19.5. The normalized spacial score (nSPS) is 13.1. The van der Waals surface area contributed by atoms with Crippen LogP contribution in [0.2, 0.25) is 0 Å². The number of hydrogen-bond donors (Lipinski definition) is 2. The molecule has 1 atom stereocenters. The van der Waals surface area contributed by atoms with Gasteiger partial charge in [-0.2, -0.15) is 0 Å². The van der Waals surface area contributed by atoms with Crippen LogP contribution in [0.4, 0.5) is 0 Å². The van der Waals surface area contributed by atoms with Crippen molar-refractivity contribution in [1.82, 2.24) is 10.3 Å². The Hall–Kier alpha value is -3.29. The fourth-order valence-electron chi connectivity index (χ4n) is 3.14. The fourth-order valence-corrected chi connectivity index (χ4v) is 3.14. The van der Waals surface area contributed by atoms with Gasteiger partial charge in [-0.05, 0) is 51.0 Å². The van der Waals surface area contributed by atoms with Crippen molar-refractivity contribution >= 4 is 17.7 Å². The standard InChI is InChI=1S/C20H22N2O6/c1-10-17(12(3)23)11(2)22-18(10)20(25)28-13(4)19(24)21-8-14-5-6-15-16(7-14)27-9-26-15/h5-7,13,22H,8-9H2,1-4H3,(H,21,24)/t13-/m0/s1. The number of amides is 1. The lowest BCUT2D eigenvalue weighted by atomic mass is 10.1. The maximum atomic E-state index is 12.4. The molecule has 1 aliphatic rings. The van der Waals surface area contributed by atoms with Gasteiger partial charge < -0.3 is 24.5 Å². The van der Waals surface area contributed by atoms with Crippen LogP contribution < -0.4 is 14.8 Å². The van der Waals surface area contributed by atoms with Gasteiger partial charge in [0, 0.05) is 17.8 Å². The van der Waals surface area contributed by atoms with Crippen LogP contribution in [-0.4, -0.2) is 35.5 Å². The number of aryl methyl sites for hydroxylation is 1. The zero-order valence-electron chi connectivity index (χ0n) is 16.2. The van der Waals surface area contributed by atoms with Crippen molar-refractivity contribution in [1.29, 1.82) is 0 Å². The number of carbonyl (C=O) groups excluding carboxylic acids is 3. The van der Waals surface area contributed by atoms with Gasteiger partial charge in [0.2, 0.25) is 6.79 Å². The minimum Gasteiger partial charge on any atom is -0.454 e. The third-order valence-electron chi connectivity index (χ3n) is 4.55. The summed E-state index contributed by atoms with van der Waals surface area (Å²) in [7, 11) is 0. The van der Waals surface area contributed by atoms with Crippen molar-refractivity contribution in [2.45, 2.75) is 40.3 Å². The number of rotatable bonds is 6. The van der Waals surface area contributed by atoms with Gasteiger partial charge in [-0.1, -0.05) is 6.07 Å². The van der Waals surface area contributed by atoms with Gasteiger partial charge >= 0.3 is 5.97 Å². The number of hydrogen-bond acceptors (Lipinski definition) is 6. The van der Waals surface area contributed by atoms with Crippen LogP contribution in [0.1, 0.15) is 51.5 Å². The summed E-state index contributed by atoms with van der Waals surface area (Å²) in [6.45, 7) is 6.74. The number of fused-ring (bicyclic) bond motifs is 1. The van der Waals surface area contributed by atoms with Gasteiger partial charge in [0.1, 0.15) is 5.69 Å². The molecule has 0 saturated heterocycles. The summed E-state index contributed by atoms with van der Waals surface area (Å²) >= 11 is 0. The van der Waals surface area contributed by atoms with E-state index >= 15 is 0 Å². The third kappa shape index (κ3) is 3.85. The van der Waals surface area contributed by atoms with E-state index in [1.54, 1.807) is 26.0 Å². The molecule has 1 aliphatic heterocycles. The molecule has 28 heavy (non-hydrogen) atoms. The number of ketones is 1. The molecule has 2 aromatic rings. The Bertz CT molecular complexity index is 946. The highest BCUT2D eigenvalue weighted by atomic mass is 16.7. The van der Waals surface area contributed by atoms with Gasteiger partial charge in [-0.25, -0.2) is 4.79 Å². The molecule has 3 rings (SSSR count). The van der Waals surface area contributed by atoms with E-state index in [1.165, 1.54) is 13.8 Å². The molecule has 2 heterocycles. The molecule has 8 nitrogen and oxygen atoms in total. The van der Waals surface area contributed by atoms with E-state index in [-0.39, 0.29) is 24.8 Å². The molecule has 0 spiro atoms. The highest BCUT2D eigenvalue weighted by Gasteiger charge is 2.24. The zero-order chi connectivity index (χ0) is 20.4. The molecule has 8 heteroatoms. The Morgan fingerprint density at radius 2 is 1.93 bits per heavy atom. The van der Waals surface area contributed by atoms with Crippen molar-refractivity contribution in [2.24, 2.45) is 0 Å². The summed E-state index contributed by atoms with van der Waals surface area (Å²) < 4.78 is 15.8. The predicted octanol–water partition coefficient (Wildman–Crippen LogP) is 2.42. The predicted molar refractivity (Wildman–Crippen MR) is 99.6 cm³/mol. The minimum absolute atomic E-state index is 0.139. The lowest BCUT2D eigenvalue weighted by Crippen LogP contribution is -2.35. The Balaban J connectivity index is 1.59. The van der Waals surface area contributed by atoms with Crippen LogP contribution in [-0.2, 0) is 16.1 Å². The summed E-state index contributed by atoms with van der Waals surface area (Å²) in [6, 6.07) is 5.38. The van der Waals surface area contributed by atoms with Gasteiger partial charge in [0.15, 0.2) is 23.4 Å². The Kier molecular flexibility index (Phi) is 5.39. The van der Waals surface area contributed by atoms with Crippen LogP contribution >= 0.6 is 0 Å². The molecule has 0 radical (unpaired) electrons. The third-order valence-corrected chi connectivity index (χ3v) is 4.55. The lowest BCUT2D eigenvalue weighted by molar-refractivity contribution is -0.129. The number of benzene rings is 1. The first-order valence-corrected chi connectivity index (χ1v) is 8.85. The number of Topliss-reactive ketones (excluding diaryl/α,β-unsaturated/α-hetero) is 1. The topological polar surface area (TPSA) is 107 Å². The summed E-state index contributed by atoms with van der Waals surface area (Å²) in [5, 5.41) is 2.72. The summed E-state index contributed by atoms with van der Waals surface area (Å²) in [6.07, 6.45) is -0.995. The molecular formula is C20H22N2O6. The van der Waals surface area contributed by atoms with E-state index in [4.69, 9.17) is 14.2 Å². The lowest BCUT2D eigenvalue weighted by Gasteiger charge is -2.13. The second kappa shape index (κ2) is 7.75. The number of esters is 1. The van der Waals surface area contributed by atoms with Crippen molar-refractivity contribution in [3.05, 3.63) is 46.3 Å². The van der Waals surface area contributed by atoms with Gasteiger partial charge in [-0.15, -0.1) is 0 Å². The molecule has 0 saturated carbocycles. The van der Waals surface area contributed by atoms with Crippen molar-refractivity contribution in [3.8, 4) is 11.5 Å². The molecule has 0 fully saturated rings. The average Bonchev–Trinajstić information content (AvgIpc) is 3.22. The van der Waals surface area contributed by atoms with Crippen molar-refractivity contribution in [3.63, 3.8) is 0 Å². The van der Waals surface area contributed by atoms with Crippen molar-refractivity contribution < 1.29 is 28.6 Å². The average molecular weight is 386 g/mol. The molecule has 1 aromatic carbocycles. The highest BCUT2D eigenvalue weighted by Crippen LogP contribution is 2.32. The molecule has 1 aromatic heterocycles. The minimum atomic E-state index is -0.995. The maximum absolute atomic E-state index is 12.4. The SMILES string of the molecule is CC(=O)c1c(C)[nH]c(C(=O)O[C@@H](C)C(=O)NCc2ccc3c(c2)OCO3)c1C. The van der Waals surface area contributed by atoms with Crippen molar-refractivity contribution in [2.75, 3.05) is 6.79 Å². The van der Waals surface area contributed by atoms with E-state index in [0.717, 1.165) is 5.56 Å². The van der Waals surface area contributed by atoms with Crippen LogP contribution in [0, 0.1) is 13.8 Å². The maximum Gasteiger partial charge on any atom is 0.355 e.